The quantitative estimate of drug-likeness (QED) is 0.655. The Balaban J connectivity index is 2.40. The lowest BCUT2D eigenvalue weighted by Gasteiger charge is -2.19. The van der Waals surface area contributed by atoms with Crippen LogP contribution in [0.3, 0.4) is 0 Å². The first-order valence-corrected chi connectivity index (χ1v) is 6.88. The van der Waals surface area contributed by atoms with E-state index in [9.17, 15) is 4.79 Å². The number of nitrogen functional groups attached to an aromatic ring is 1. The maximum atomic E-state index is 12.5. The number of benzene rings is 2. The lowest BCUT2D eigenvalue weighted by Crippen LogP contribution is -2.12. The third kappa shape index (κ3) is 2.86. The highest BCUT2D eigenvalue weighted by Gasteiger charge is 2.18. The summed E-state index contributed by atoms with van der Waals surface area (Å²) >= 11 is 6.08. The van der Waals surface area contributed by atoms with E-state index in [0.29, 0.717) is 21.8 Å². The largest absolute Gasteiger partial charge is 0.398 e. The molecule has 104 valence electrons. The minimum atomic E-state index is -0.145. The number of hydrogen-bond acceptors (Lipinski definition) is 2. The molecule has 2 aromatic carbocycles. The van der Waals surface area contributed by atoms with Crippen LogP contribution >= 0.6 is 11.6 Å². The lowest BCUT2D eigenvalue weighted by molar-refractivity contribution is 0.103. The first-order valence-electron chi connectivity index (χ1n) is 6.50. The molecule has 0 fully saturated rings. The zero-order chi connectivity index (χ0) is 14.9. The van der Waals surface area contributed by atoms with Crippen LogP contribution in [0.1, 0.15) is 42.3 Å². The van der Waals surface area contributed by atoms with Gasteiger partial charge in [0.15, 0.2) is 5.78 Å². The highest BCUT2D eigenvalue weighted by Crippen LogP contribution is 2.27. The maximum absolute atomic E-state index is 12.5. The lowest BCUT2D eigenvalue weighted by atomic mass is 9.86. The second kappa shape index (κ2) is 5.29. The monoisotopic (exact) mass is 287 g/mol. The molecule has 0 spiro atoms. The third-order valence-corrected chi connectivity index (χ3v) is 3.60. The summed E-state index contributed by atoms with van der Waals surface area (Å²) in [7, 11) is 0. The van der Waals surface area contributed by atoms with Gasteiger partial charge in [-0.05, 0) is 23.1 Å². The van der Waals surface area contributed by atoms with Crippen molar-refractivity contribution in [1.82, 2.24) is 0 Å². The molecule has 2 nitrogen and oxygen atoms in total. The molecule has 0 aromatic heterocycles. The summed E-state index contributed by atoms with van der Waals surface area (Å²) in [5, 5.41) is 0.384. The van der Waals surface area contributed by atoms with Gasteiger partial charge >= 0.3 is 0 Å². The van der Waals surface area contributed by atoms with Crippen molar-refractivity contribution in [3.63, 3.8) is 0 Å². The molecular formula is C17H18ClNO. The van der Waals surface area contributed by atoms with E-state index in [4.69, 9.17) is 17.3 Å². The normalized spacial score (nSPS) is 11.4. The smallest absolute Gasteiger partial charge is 0.196 e. The van der Waals surface area contributed by atoms with Crippen molar-refractivity contribution in [2.45, 2.75) is 26.2 Å². The highest BCUT2D eigenvalue weighted by atomic mass is 35.5. The first kappa shape index (κ1) is 14.6. The Labute approximate surface area is 124 Å². The average molecular weight is 288 g/mol. The topological polar surface area (TPSA) is 43.1 Å². The summed E-state index contributed by atoms with van der Waals surface area (Å²) < 4.78 is 0. The predicted octanol–water partition coefficient (Wildman–Crippen LogP) is 4.45. The molecule has 0 unspecified atom stereocenters. The van der Waals surface area contributed by atoms with Crippen LogP contribution in [0.5, 0.6) is 0 Å². The van der Waals surface area contributed by atoms with Gasteiger partial charge in [0, 0.05) is 11.3 Å². The summed E-state index contributed by atoms with van der Waals surface area (Å²) in [6, 6.07) is 12.7. The van der Waals surface area contributed by atoms with Crippen LogP contribution in [-0.2, 0) is 5.41 Å². The summed E-state index contributed by atoms with van der Waals surface area (Å²) in [4.78, 5) is 12.5. The Morgan fingerprint density at radius 1 is 1.05 bits per heavy atom. The molecule has 0 saturated heterocycles. The van der Waals surface area contributed by atoms with E-state index in [1.807, 2.05) is 24.3 Å². The zero-order valence-electron chi connectivity index (χ0n) is 11.9. The van der Waals surface area contributed by atoms with Gasteiger partial charge in [-0.1, -0.05) is 62.7 Å². The van der Waals surface area contributed by atoms with Gasteiger partial charge in [0.05, 0.1) is 10.6 Å². The molecular weight excluding hydrogens is 270 g/mol. The first-order chi connectivity index (χ1) is 9.30. The fourth-order valence-corrected chi connectivity index (χ4v) is 2.31. The number of anilines is 1. The van der Waals surface area contributed by atoms with Crippen molar-refractivity contribution in [2.75, 3.05) is 5.73 Å². The van der Waals surface area contributed by atoms with E-state index in [1.165, 1.54) is 5.56 Å². The van der Waals surface area contributed by atoms with Crippen LogP contribution in [0.2, 0.25) is 5.02 Å². The molecule has 20 heavy (non-hydrogen) atoms. The van der Waals surface area contributed by atoms with Crippen LogP contribution in [0.25, 0.3) is 0 Å². The zero-order valence-corrected chi connectivity index (χ0v) is 12.7. The van der Waals surface area contributed by atoms with Crippen LogP contribution in [0, 0.1) is 0 Å². The summed E-state index contributed by atoms with van der Waals surface area (Å²) in [5.41, 5.74) is 8.47. The van der Waals surface area contributed by atoms with E-state index in [0.717, 1.165) is 0 Å². The number of carbonyl (C=O) groups excluding carboxylic acids is 1. The Morgan fingerprint density at radius 3 is 2.15 bits per heavy atom. The van der Waals surface area contributed by atoms with Gasteiger partial charge in [-0.2, -0.15) is 0 Å². The average Bonchev–Trinajstić information content (AvgIpc) is 2.37. The number of ketones is 1. The number of rotatable bonds is 2. The van der Waals surface area contributed by atoms with Crippen LogP contribution in [-0.4, -0.2) is 5.78 Å². The molecule has 0 atom stereocenters. The molecule has 0 saturated carbocycles. The molecule has 0 amide bonds. The molecule has 0 radical (unpaired) electrons. The Bertz CT molecular complexity index is 619. The molecule has 2 aromatic rings. The molecule has 2 N–H and O–H groups in total. The van der Waals surface area contributed by atoms with Gasteiger partial charge in [-0.15, -0.1) is 0 Å². The van der Waals surface area contributed by atoms with Crippen LogP contribution < -0.4 is 5.73 Å². The van der Waals surface area contributed by atoms with Crippen molar-refractivity contribution >= 4 is 23.1 Å². The fourth-order valence-electron chi connectivity index (χ4n) is 2.05. The van der Waals surface area contributed by atoms with Gasteiger partial charge in [0.2, 0.25) is 0 Å². The Morgan fingerprint density at radius 2 is 1.65 bits per heavy atom. The van der Waals surface area contributed by atoms with E-state index < -0.39 is 0 Å². The van der Waals surface area contributed by atoms with E-state index in [2.05, 4.69) is 20.8 Å². The second-order valence-corrected chi connectivity index (χ2v) is 6.27. The van der Waals surface area contributed by atoms with E-state index in [1.54, 1.807) is 18.2 Å². The molecule has 0 aliphatic carbocycles. The fraction of sp³-hybridized carbons (Fsp3) is 0.235. The van der Waals surface area contributed by atoms with Gasteiger partial charge in [0.1, 0.15) is 0 Å². The number of halogens is 1. The summed E-state index contributed by atoms with van der Waals surface area (Å²) in [5.74, 6) is -0.145. The van der Waals surface area contributed by atoms with Gasteiger partial charge < -0.3 is 5.73 Å². The number of carbonyl (C=O) groups is 1. The van der Waals surface area contributed by atoms with Crippen molar-refractivity contribution in [3.8, 4) is 0 Å². The van der Waals surface area contributed by atoms with Crippen LogP contribution in [0.15, 0.2) is 42.5 Å². The minimum absolute atomic E-state index is 0.0605. The molecule has 0 aliphatic heterocycles. The molecule has 0 heterocycles. The second-order valence-electron chi connectivity index (χ2n) is 5.86. The third-order valence-electron chi connectivity index (χ3n) is 3.29. The Hall–Kier alpha value is -1.80. The maximum Gasteiger partial charge on any atom is 0.196 e. The summed E-state index contributed by atoms with van der Waals surface area (Å²) in [6.07, 6.45) is 0. The van der Waals surface area contributed by atoms with Crippen molar-refractivity contribution in [2.24, 2.45) is 0 Å². The molecule has 3 heteroatoms. The SMILES string of the molecule is CC(C)(C)c1ccc(C(=O)c2c(N)cccc2Cl)cc1. The number of nitrogens with two attached hydrogens (primary N) is 1. The highest BCUT2D eigenvalue weighted by molar-refractivity contribution is 6.35. The van der Waals surface area contributed by atoms with Crippen molar-refractivity contribution in [3.05, 3.63) is 64.2 Å². The van der Waals surface area contributed by atoms with Crippen LogP contribution in [0.4, 0.5) is 5.69 Å². The van der Waals surface area contributed by atoms with Gasteiger partial charge in [0.25, 0.3) is 0 Å². The summed E-state index contributed by atoms with van der Waals surface area (Å²) in [6.45, 7) is 6.40. The Kier molecular flexibility index (Phi) is 3.87. The predicted molar refractivity (Wildman–Crippen MR) is 84.4 cm³/mol. The van der Waals surface area contributed by atoms with E-state index >= 15 is 0 Å². The van der Waals surface area contributed by atoms with Crippen molar-refractivity contribution in [1.29, 1.82) is 0 Å². The van der Waals surface area contributed by atoms with Gasteiger partial charge in [-0.3, -0.25) is 4.79 Å². The van der Waals surface area contributed by atoms with Crippen molar-refractivity contribution < 1.29 is 4.79 Å². The molecule has 0 bridgehead atoms. The molecule has 0 aliphatic rings. The molecule has 2 rings (SSSR count). The van der Waals surface area contributed by atoms with E-state index in [-0.39, 0.29) is 11.2 Å². The number of hydrogen-bond donors (Lipinski definition) is 1. The standard InChI is InChI=1S/C17H18ClNO/c1-17(2,3)12-9-7-11(8-10-12)16(20)15-13(18)5-4-6-14(15)19/h4-10H,19H2,1-3H3. The van der Waals surface area contributed by atoms with Gasteiger partial charge in [-0.25, -0.2) is 0 Å². The minimum Gasteiger partial charge on any atom is -0.398 e.